The molecule has 6 heteroatoms. The Kier molecular flexibility index (Phi) is 4.15. The number of carboxylic acid groups (broad SMARTS) is 1. The van der Waals surface area contributed by atoms with Gasteiger partial charge in [-0.25, -0.2) is 13.1 Å². The molecule has 2 N–H and O–H groups in total. The van der Waals surface area contributed by atoms with E-state index in [-0.39, 0.29) is 10.9 Å². The van der Waals surface area contributed by atoms with E-state index in [4.69, 9.17) is 5.11 Å². The molecule has 2 rings (SSSR count). The Hall–Kier alpha value is -1.40. The molecular weight excluding hydrogens is 278 g/mol. The minimum atomic E-state index is -3.58. The number of aliphatic carboxylic acids is 1. The molecule has 1 aromatic carbocycles. The zero-order valence-corrected chi connectivity index (χ0v) is 12.4. The molecule has 1 saturated carbocycles. The number of carboxylic acids is 1. The molecule has 20 heavy (non-hydrogen) atoms. The van der Waals surface area contributed by atoms with Gasteiger partial charge in [0.25, 0.3) is 0 Å². The van der Waals surface area contributed by atoms with Gasteiger partial charge in [0.2, 0.25) is 10.0 Å². The standard InChI is InChI=1S/C14H19NO4S/c1-9-3-6-13(10(2)7-9)20(18,19)15-12-5-4-11(8-12)14(16)17/h3,6-7,11-12,15H,4-5,8H2,1-2H3,(H,16,17). The number of sulfonamides is 1. The van der Waals surface area contributed by atoms with Crippen molar-refractivity contribution in [3.05, 3.63) is 29.3 Å². The van der Waals surface area contributed by atoms with Crippen LogP contribution in [0.1, 0.15) is 30.4 Å². The van der Waals surface area contributed by atoms with Crippen molar-refractivity contribution >= 4 is 16.0 Å². The van der Waals surface area contributed by atoms with E-state index in [1.165, 1.54) is 0 Å². The first-order valence-electron chi connectivity index (χ1n) is 6.62. The molecule has 1 aliphatic rings. The van der Waals surface area contributed by atoms with Crippen molar-refractivity contribution in [3.8, 4) is 0 Å². The molecule has 0 heterocycles. The number of hydrogen-bond acceptors (Lipinski definition) is 3. The van der Waals surface area contributed by atoms with Gasteiger partial charge >= 0.3 is 5.97 Å². The number of carbonyl (C=O) groups is 1. The molecule has 0 bridgehead atoms. The molecule has 0 aromatic heterocycles. The van der Waals surface area contributed by atoms with Crippen molar-refractivity contribution in [2.75, 3.05) is 0 Å². The van der Waals surface area contributed by atoms with Crippen LogP contribution in [0.5, 0.6) is 0 Å². The van der Waals surface area contributed by atoms with Gasteiger partial charge in [0.15, 0.2) is 0 Å². The SMILES string of the molecule is Cc1ccc(S(=O)(=O)NC2CCC(C(=O)O)C2)c(C)c1. The van der Waals surface area contributed by atoms with Gasteiger partial charge in [0.05, 0.1) is 10.8 Å². The number of aryl methyl sites for hydroxylation is 2. The Bertz CT molecular complexity index is 624. The summed E-state index contributed by atoms with van der Waals surface area (Å²) >= 11 is 0. The largest absolute Gasteiger partial charge is 0.481 e. The van der Waals surface area contributed by atoms with Crippen molar-refractivity contribution < 1.29 is 18.3 Å². The molecular formula is C14H19NO4S. The van der Waals surface area contributed by atoms with Crippen LogP contribution in [0.2, 0.25) is 0 Å². The van der Waals surface area contributed by atoms with E-state index >= 15 is 0 Å². The fourth-order valence-electron chi connectivity index (χ4n) is 2.70. The summed E-state index contributed by atoms with van der Waals surface area (Å²) in [5.74, 6) is -1.29. The smallest absolute Gasteiger partial charge is 0.306 e. The van der Waals surface area contributed by atoms with Crippen LogP contribution in [0.15, 0.2) is 23.1 Å². The summed E-state index contributed by atoms with van der Waals surface area (Å²) in [7, 11) is -3.58. The lowest BCUT2D eigenvalue weighted by Gasteiger charge is -2.14. The fourth-order valence-corrected chi connectivity index (χ4v) is 4.21. The van der Waals surface area contributed by atoms with Crippen LogP contribution < -0.4 is 4.72 Å². The minimum absolute atomic E-state index is 0.266. The van der Waals surface area contributed by atoms with Crippen molar-refractivity contribution in [2.45, 2.75) is 44.0 Å². The molecule has 2 unspecified atom stereocenters. The summed E-state index contributed by atoms with van der Waals surface area (Å²) in [6, 6.07) is 4.89. The first kappa shape index (κ1) is 15.0. The molecule has 1 aromatic rings. The Morgan fingerprint density at radius 1 is 1.30 bits per heavy atom. The van der Waals surface area contributed by atoms with Crippen LogP contribution in [0, 0.1) is 19.8 Å². The third-order valence-electron chi connectivity index (χ3n) is 3.72. The summed E-state index contributed by atoms with van der Waals surface area (Å²) in [6.45, 7) is 3.67. The molecule has 110 valence electrons. The molecule has 1 fully saturated rings. The normalized spacial score (nSPS) is 22.9. The van der Waals surface area contributed by atoms with Gasteiger partial charge in [-0.05, 0) is 44.7 Å². The predicted molar refractivity (Wildman–Crippen MR) is 75.0 cm³/mol. The molecule has 5 nitrogen and oxygen atoms in total. The van der Waals surface area contributed by atoms with Crippen LogP contribution in [0.25, 0.3) is 0 Å². The second-order valence-corrected chi connectivity index (χ2v) is 7.12. The van der Waals surface area contributed by atoms with Crippen LogP contribution in [0.4, 0.5) is 0 Å². The lowest BCUT2D eigenvalue weighted by atomic mass is 10.1. The molecule has 0 saturated heterocycles. The Labute approximate surface area is 119 Å². The van der Waals surface area contributed by atoms with Gasteiger partial charge in [-0.2, -0.15) is 0 Å². The van der Waals surface area contributed by atoms with Crippen LogP contribution >= 0.6 is 0 Å². The zero-order chi connectivity index (χ0) is 14.9. The van der Waals surface area contributed by atoms with E-state index in [0.717, 1.165) is 5.56 Å². The second-order valence-electron chi connectivity index (χ2n) is 5.44. The first-order chi connectivity index (χ1) is 9.29. The van der Waals surface area contributed by atoms with Crippen molar-refractivity contribution in [2.24, 2.45) is 5.92 Å². The topological polar surface area (TPSA) is 83.5 Å². The van der Waals surface area contributed by atoms with E-state index in [9.17, 15) is 13.2 Å². The van der Waals surface area contributed by atoms with E-state index in [0.29, 0.717) is 24.8 Å². The van der Waals surface area contributed by atoms with Crippen LogP contribution in [-0.2, 0) is 14.8 Å². The van der Waals surface area contributed by atoms with Gasteiger partial charge in [-0.3, -0.25) is 4.79 Å². The van der Waals surface area contributed by atoms with E-state index in [1.54, 1.807) is 19.1 Å². The van der Waals surface area contributed by atoms with Gasteiger partial charge in [0, 0.05) is 6.04 Å². The second kappa shape index (κ2) is 5.54. The predicted octanol–water partition coefficient (Wildman–Crippen LogP) is 1.84. The summed E-state index contributed by atoms with van der Waals surface area (Å²) in [5.41, 5.74) is 1.71. The Morgan fingerprint density at radius 2 is 2.00 bits per heavy atom. The van der Waals surface area contributed by atoms with E-state index < -0.39 is 21.9 Å². The molecule has 1 aliphatic carbocycles. The maximum atomic E-state index is 12.3. The van der Waals surface area contributed by atoms with E-state index in [2.05, 4.69) is 4.72 Å². The maximum absolute atomic E-state index is 12.3. The van der Waals surface area contributed by atoms with Gasteiger partial charge in [-0.1, -0.05) is 17.7 Å². The highest BCUT2D eigenvalue weighted by Crippen LogP contribution is 2.27. The highest BCUT2D eigenvalue weighted by molar-refractivity contribution is 7.89. The average Bonchev–Trinajstić information content (AvgIpc) is 2.76. The summed E-state index contributed by atoms with van der Waals surface area (Å²) in [6.07, 6.45) is 1.45. The highest BCUT2D eigenvalue weighted by atomic mass is 32.2. The van der Waals surface area contributed by atoms with Gasteiger partial charge in [0.1, 0.15) is 0 Å². The molecule has 2 atom stereocenters. The fraction of sp³-hybridized carbons (Fsp3) is 0.500. The summed E-state index contributed by atoms with van der Waals surface area (Å²) in [5, 5.41) is 8.94. The molecule has 0 radical (unpaired) electrons. The third kappa shape index (κ3) is 3.19. The number of hydrogen-bond donors (Lipinski definition) is 2. The van der Waals surface area contributed by atoms with Crippen LogP contribution in [-0.4, -0.2) is 25.5 Å². The Morgan fingerprint density at radius 3 is 2.55 bits per heavy atom. The average molecular weight is 297 g/mol. The van der Waals surface area contributed by atoms with Crippen LogP contribution in [0.3, 0.4) is 0 Å². The quantitative estimate of drug-likeness (QED) is 0.888. The lowest BCUT2D eigenvalue weighted by molar-refractivity contribution is -0.141. The monoisotopic (exact) mass is 297 g/mol. The summed E-state index contributed by atoms with van der Waals surface area (Å²) in [4.78, 5) is 11.2. The van der Waals surface area contributed by atoms with Crippen molar-refractivity contribution in [3.63, 3.8) is 0 Å². The first-order valence-corrected chi connectivity index (χ1v) is 8.10. The van der Waals surface area contributed by atoms with Gasteiger partial charge < -0.3 is 5.11 Å². The third-order valence-corrected chi connectivity index (χ3v) is 5.40. The lowest BCUT2D eigenvalue weighted by Crippen LogP contribution is -2.33. The highest BCUT2D eigenvalue weighted by Gasteiger charge is 2.32. The van der Waals surface area contributed by atoms with Gasteiger partial charge in [-0.15, -0.1) is 0 Å². The molecule has 0 amide bonds. The Balaban J connectivity index is 2.14. The summed E-state index contributed by atoms with van der Waals surface area (Å²) < 4.78 is 27.3. The number of rotatable bonds is 4. The zero-order valence-electron chi connectivity index (χ0n) is 11.6. The van der Waals surface area contributed by atoms with E-state index in [1.807, 2.05) is 13.0 Å². The maximum Gasteiger partial charge on any atom is 0.306 e. The molecule has 0 spiro atoms. The number of benzene rings is 1. The van der Waals surface area contributed by atoms with Crippen molar-refractivity contribution in [1.82, 2.24) is 4.72 Å². The van der Waals surface area contributed by atoms with Crippen molar-refractivity contribution in [1.29, 1.82) is 0 Å². The number of nitrogens with one attached hydrogen (secondary N) is 1. The molecule has 0 aliphatic heterocycles. The minimum Gasteiger partial charge on any atom is -0.481 e.